The van der Waals surface area contributed by atoms with Gasteiger partial charge in [0.1, 0.15) is 6.07 Å². The van der Waals surface area contributed by atoms with Gasteiger partial charge < -0.3 is 0 Å². The summed E-state index contributed by atoms with van der Waals surface area (Å²) in [6, 6.07) is 2.03. The van der Waals surface area contributed by atoms with Crippen molar-refractivity contribution in [3.05, 3.63) is 17.5 Å². The van der Waals surface area contributed by atoms with Crippen LogP contribution in [0.25, 0.3) is 0 Å². The molecule has 3 heteroatoms. The minimum absolute atomic E-state index is 0.650. The fourth-order valence-electron chi connectivity index (χ4n) is 0.608. The summed E-state index contributed by atoms with van der Waals surface area (Å²) in [5.41, 5.74) is 1.56. The van der Waals surface area contributed by atoms with Gasteiger partial charge in [-0.1, -0.05) is 20.8 Å². The number of hydrogen-bond acceptors (Lipinski definition) is 2. The number of hydrogen-bond donors (Lipinski definition) is 0. The lowest BCUT2D eigenvalue weighted by molar-refractivity contribution is 0.737. The summed E-state index contributed by atoms with van der Waals surface area (Å²) in [6.07, 6.45) is 1.56. The monoisotopic (exact) mass is 179 g/mol. The zero-order chi connectivity index (χ0) is 10.4. The molecule has 13 heavy (non-hydrogen) atoms. The second-order valence-electron chi connectivity index (χ2n) is 3.61. The molecule has 0 bridgehead atoms. The molecule has 0 saturated heterocycles. The molecule has 0 spiro atoms. The maximum atomic E-state index is 8.43. The molecule has 1 aromatic rings. The van der Waals surface area contributed by atoms with Crippen molar-refractivity contribution in [3.8, 4) is 6.07 Å². The molecule has 0 radical (unpaired) electrons. The van der Waals surface area contributed by atoms with Gasteiger partial charge in [0.15, 0.2) is 0 Å². The molecule has 0 aliphatic heterocycles. The summed E-state index contributed by atoms with van der Waals surface area (Å²) in [5.74, 6) is 0.833. The summed E-state index contributed by atoms with van der Waals surface area (Å²) in [5, 5.41) is 12.3. The molecule has 0 fully saturated rings. The van der Waals surface area contributed by atoms with Gasteiger partial charge in [-0.25, -0.2) is 0 Å². The Labute approximate surface area is 80.0 Å². The van der Waals surface area contributed by atoms with Gasteiger partial charge in [0.25, 0.3) is 0 Å². The van der Waals surface area contributed by atoms with E-state index in [0.29, 0.717) is 5.56 Å². The van der Waals surface area contributed by atoms with Crippen molar-refractivity contribution in [2.75, 3.05) is 0 Å². The minimum Gasteiger partial charge on any atom is -0.272 e. The Morgan fingerprint density at radius 1 is 1.46 bits per heavy atom. The van der Waals surface area contributed by atoms with Gasteiger partial charge in [-0.2, -0.15) is 10.4 Å². The lowest BCUT2D eigenvalue weighted by Crippen LogP contribution is -1.92. The van der Waals surface area contributed by atoms with E-state index in [9.17, 15) is 0 Å². The number of aromatic nitrogens is 2. The third-order valence-electron chi connectivity index (χ3n) is 1.36. The summed E-state index contributed by atoms with van der Waals surface area (Å²) >= 11 is 0. The van der Waals surface area contributed by atoms with Crippen molar-refractivity contribution in [1.82, 2.24) is 9.78 Å². The van der Waals surface area contributed by atoms with Gasteiger partial charge >= 0.3 is 0 Å². The summed E-state index contributed by atoms with van der Waals surface area (Å²) in [4.78, 5) is 0. The Balaban J connectivity index is 0.000000310. The fraction of sp³-hybridized carbons (Fsp3) is 0.600. The molecule has 1 heterocycles. The molecule has 1 rings (SSSR count). The molecule has 0 atom stereocenters. The van der Waals surface area contributed by atoms with Gasteiger partial charge in [0, 0.05) is 7.05 Å². The van der Waals surface area contributed by atoms with Crippen LogP contribution in [0, 0.1) is 24.2 Å². The van der Waals surface area contributed by atoms with Gasteiger partial charge in [0.05, 0.1) is 17.5 Å². The first-order valence-electron chi connectivity index (χ1n) is 4.37. The normalized spacial score (nSPS) is 9.00. The molecule has 0 aliphatic rings. The van der Waals surface area contributed by atoms with Crippen molar-refractivity contribution < 1.29 is 0 Å². The first kappa shape index (κ1) is 11.7. The van der Waals surface area contributed by atoms with Gasteiger partial charge in [-0.05, 0) is 12.8 Å². The highest BCUT2D eigenvalue weighted by Crippen LogP contribution is 2.01. The molecule has 1 aromatic heterocycles. The van der Waals surface area contributed by atoms with E-state index in [4.69, 9.17) is 5.26 Å². The van der Waals surface area contributed by atoms with Crippen molar-refractivity contribution in [3.63, 3.8) is 0 Å². The van der Waals surface area contributed by atoms with Crippen LogP contribution in [0.4, 0.5) is 0 Å². The predicted molar refractivity (Wildman–Crippen MR) is 53.2 cm³/mol. The van der Waals surface area contributed by atoms with Crippen LogP contribution in [-0.2, 0) is 7.05 Å². The second kappa shape index (κ2) is 5.36. The molecule has 72 valence electrons. The maximum Gasteiger partial charge on any atom is 0.103 e. The van der Waals surface area contributed by atoms with Crippen molar-refractivity contribution in [1.29, 1.82) is 5.26 Å². The largest absolute Gasteiger partial charge is 0.272 e. The van der Waals surface area contributed by atoms with Crippen LogP contribution < -0.4 is 0 Å². The van der Waals surface area contributed by atoms with E-state index in [1.165, 1.54) is 0 Å². The standard InChI is InChI=1S/C6H7N3.C4H10/c1-5-6(3-7)4-8-9(5)2;1-4(2)3/h4H,1-2H3;4H,1-3H3. The summed E-state index contributed by atoms with van der Waals surface area (Å²) in [7, 11) is 1.82. The first-order chi connectivity index (χ1) is 5.99. The Kier molecular flexibility index (Phi) is 4.83. The van der Waals surface area contributed by atoms with E-state index >= 15 is 0 Å². The number of aryl methyl sites for hydroxylation is 1. The zero-order valence-electron chi connectivity index (χ0n) is 9.00. The smallest absolute Gasteiger partial charge is 0.103 e. The van der Waals surface area contributed by atoms with Crippen LogP contribution in [-0.4, -0.2) is 9.78 Å². The van der Waals surface area contributed by atoms with E-state index in [0.717, 1.165) is 11.6 Å². The van der Waals surface area contributed by atoms with Crippen molar-refractivity contribution in [2.24, 2.45) is 13.0 Å². The van der Waals surface area contributed by atoms with Crippen molar-refractivity contribution in [2.45, 2.75) is 27.7 Å². The van der Waals surface area contributed by atoms with Crippen LogP contribution in [0.1, 0.15) is 32.0 Å². The van der Waals surface area contributed by atoms with Crippen LogP contribution >= 0.6 is 0 Å². The number of rotatable bonds is 0. The average Bonchev–Trinajstić information content (AvgIpc) is 2.32. The topological polar surface area (TPSA) is 41.6 Å². The predicted octanol–water partition coefficient (Wildman–Crippen LogP) is 2.26. The van der Waals surface area contributed by atoms with Crippen LogP contribution in [0.5, 0.6) is 0 Å². The van der Waals surface area contributed by atoms with Gasteiger partial charge in [-0.3, -0.25) is 4.68 Å². The van der Waals surface area contributed by atoms with E-state index in [1.54, 1.807) is 10.9 Å². The number of nitrogens with zero attached hydrogens (tertiary/aromatic N) is 3. The minimum atomic E-state index is 0.650. The maximum absolute atomic E-state index is 8.43. The summed E-state index contributed by atoms with van der Waals surface area (Å²) in [6.45, 7) is 8.37. The highest BCUT2D eigenvalue weighted by Gasteiger charge is 1.99. The molecule has 0 N–H and O–H groups in total. The quantitative estimate of drug-likeness (QED) is 0.613. The lowest BCUT2D eigenvalue weighted by atomic mass is 10.3. The lowest BCUT2D eigenvalue weighted by Gasteiger charge is -1.89. The Hall–Kier alpha value is -1.30. The Morgan fingerprint density at radius 2 is 1.92 bits per heavy atom. The first-order valence-corrected chi connectivity index (χ1v) is 4.37. The van der Waals surface area contributed by atoms with Crippen LogP contribution in [0.3, 0.4) is 0 Å². The third kappa shape index (κ3) is 4.32. The van der Waals surface area contributed by atoms with Crippen molar-refractivity contribution >= 4 is 0 Å². The third-order valence-corrected chi connectivity index (χ3v) is 1.36. The fourth-order valence-corrected chi connectivity index (χ4v) is 0.608. The molecular formula is C10H17N3. The van der Waals surface area contributed by atoms with E-state index in [2.05, 4.69) is 25.9 Å². The average molecular weight is 179 g/mol. The van der Waals surface area contributed by atoms with E-state index in [1.807, 2.05) is 20.0 Å². The molecular weight excluding hydrogens is 162 g/mol. The zero-order valence-corrected chi connectivity index (χ0v) is 9.00. The summed E-state index contributed by atoms with van der Waals surface area (Å²) < 4.78 is 1.68. The van der Waals surface area contributed by atoms with Gasteiger partial charge in [-0.15, -0.1) is 0 Å². The molecule has 0 saturated carbocycles. The van der Waals surface area contributed by atoms with E-state index < -0.39 is 0 Å². The molecule has 0 aliphatic carbocycles. The highest BCUT2D eigenvalue weighted by atomic mass is 15.3. The molecule has 0 aromatic carbocycles. The Morgan fingerprint density at radius 3 is 2.08 bits per heavy atom. The SMILES string of the molecule is CC(C)C.Cc1c(C#N)cnn1C. The van der Waals surface area contributed by atoms with Crippen LogP contribution in [0.2, 0.25) is 0 Å². The molecule has 0 unspecified atom stereocenters. The van der Waals surface area contributed by atoms with E-state index in [-0.39, 0.29) is 0 Å². The Bertz CT molecular complexity index is 289. The molecule has 3 nitrogen and oxygen atoms in total. The second-order valence-corrected chi connectivity index (χ2v) is 3.61. The van der Waals surface area contributed by atoms with Crippen LogP contribution in [0.15, 0.2) is 6.20 Å². The molecule has 0 amide bonds. The number of nitriles is 1. The highest BCUT2D eigenvalue weighted by molar-refractivity contribution is 5.29. The van der Waals surface area contributed by atoms with Gasteiger partial charge in [0.2, 0.25) is 0 Å².